The van der Waals surface area contributed by atoms with Crippen LogP contribution in [0.15, 0.2) is 0 Å². The number of nitrogens with two attached hydrogens (primary N) is 1. The Bertz CT molecular complexity index is 103. The standard InChI is InChI=1S/C6H12ClNO/c1-4(2)3-5(7)6(8)9/h4-5H,3H2,1-2H3,(H2,8,9)/t5-/m0/s1. The first kappa shape index (κ1) is 8.76. The minimum atomic E-state index is -0.495. The number of halogens is 1. The van der Waals surface area contributed by atoms with Crippen molar-refractivity contribution >= 4 is 17.5 Å². The summed E-state index contributed by atoms with van der Waals surface area (Å²) in [6.07, 6.45) is 0.664. The molecule has 0 bridgehead atoms. The zero-order chi connectivity index (χ0) is 7.44. The molecular weight excluding hydrogens is 138 g/mol. The molecule has 0 spiro atoms. The number of hydrogen-bond acceptors (Lipinski definition) is 1. The monoisotopic (exact) mass is 149 g/mol. The van der Waals surface area contributed by atoms with Crippen LogP contribution in [0.1, 0.15) is 20.3 Å². The second-order valence-electron chi connectivity index (χ2n) is 2.50. The summed E-state index contributed by atoms with van der Waals surface area (Å²) in [6.45, 7) is 4.00. The zero-order valence-electron chi connectivity index (χ0n) is 5.73. The summed E-state index contributed by atoms with van der Waals surface area (Å²) < 4.78 is 0. The number of carbonyl (C=O) groups excluding carboxylic acids is 1. The second kappa shape index (κ2) is 3.72. The Labute approximate surface area is 60.4 Å². The van der Waals surface area contributed by atoms with Crippen molar-refractivity contribution < 1.29 is 4.79 Å². The SMILES string of the molecule is CC(C)C[C@H](Cl)C(N)=O. The highest BCUT2D eigenvalue weighted by atomic mass is 35.5. The Morgan fingerprint density at radius 3 is 2.22 bits per heavy atom. The molecule has 0 radical (unpaired) electrons. The van der Waals surface area contributed by atoms with Crippen LogP contribution in [0.4, 0.5) is 0 Å². The molecule has 54 valence electrons. The summed E-state index contributed by atoms with van der Waals surface area (Å²) in [5.41, 5.74) is 4.91. The fraction of sp³-hybridized carbons (Fsp3) is 0.833. The molecule has 2 nitrogen and oxygen atoms in total. The van der Waals surface area contributed by atoms with Gasteiger partial charge < -0.3 is 5.73 Å². The first-order valence-electron chi connectivity index (χ1n) is 2.97. The third-order valence-corrected chi connectivity index (χ3v) is 1.38. The quantitative estimate of drug-likeness (QED) is 0.601. The molecule has 0 aliphatic carbocycles. The lowest BCUT2D eigenvalue weighted by Crippen LogP contribution is -2.24. The Morgan fingerprint density at radius 1 is 1.67 bits per heavy atom. The minimum Gasteiger partial charge on any atom is -0.368 e. The molecule has 0 aromatic rings. The first-order valence-corrected chi connectivity index (χ1v) is 3.41. The highest BCUT2D eigenvalue weighted by Gasteiger charge is 2.11. The molecule has 1 atom stereocenters. The predicted octanol–water partition coefficient (Wildman–Crippen LogP) is 1.13. The summed E-state index contributed by atoms with van der Waals surface area (Å²) in [4.78, 5) is 10.3. The lowest BCUT2D eigenvalue weighted by Gasteiger charge is -2.06. The molecule has 0 aromatic heterocycles. The van der Waals surface area contributed by atoms with E-state index in [0.717, 1.165) is 0 Å². The van der Waals surface area contributed by atoms with Gasteiger partial charge in [0.25, 0.3) is 0 Å². The molecule has 0 unspecified atom stereocenters. The van der Waals surface area contributed by atoms with Crippen molar-refractivity contribution in [3.8, 4) is 0 Å². The highest BCUT2D eigenvalue weighted by Crippen LogP contribution is 2.09. The Hall–Kier alpha value is -0.240. The van der Waals surface area contributed by atoms with Crippen LogP contribution in [-0.2, 0) is 4.79 Å². The van der Waals surface area contributed by atoms with E-state index in [-0.39, 0.29) is 0 Å². The number of amides is 1. The Kier molecular flexibility index (Phi) is 3.62. The van der Waals surface area contributed by atoms with Gasteiger partial charge in [0.05, 0.1) is 0 Å². The number of alkyl halides is 1. The van der Waals surface area contributed by atoms with Gasteiger partial charge in [-0.3, -0.25) is 4.79 Å². The maximum Gasteiger partial charge on any atom is 0.235 e. The molecule has 0 aliphatic rings. The van der Waals surface area contributed by atoms with Crippen molar-refractivity contribution in [1.29, 1.82) is 0 Å². The fourth-order valence-electron chi connectivity index (χ4n) is 0.530. The van der Waals surface area contributed by atoms with Gasteiger partial charge in [-0.05, 0) is 12.3 Å². The van der Waals surface area contributed by atoms with Gasteiger partial charge >= 0.3 is 0 Å². The van der Waals surface area contributed by atoms with E-state index in [1.54, 1.807) is 0 Å². The van der Waals surface area contributed by atoms with Gasteiger partial charge in [-0.1, -0.05) is 13.8 Å². The van der Waals surface area contributed by atoms with E-state index < -0.39 is 11.3 Å². The molecular formula is C6H12ClNO. The van der Waals surface area contributed by atoms with E-state index in [9.17, 15) is 4.79 Å². The average Bonchev–Trinajstić information content (AvgIpc) is 1.63. The van der Waals surface area contributed by atoms with Crippen LogP contribution in [-0.4, -0.2) is 11.3 Å². The van der Waals surface area contributed by atoms with Crippen molar-refractivity contribution in [2.75, 3.05) is 0 Å². The van der Waals surface area contributed by atoms with Gasteiger partial charge in [0.15, 0.2) is 0 Å². The van der Waals surface area contributed by atoms with E-state index >= 15 is 0 Å². The first-order chi connectivity index (χ1) is 4.04. The lowest BCUT2D eigenvalue weighted by atomic mass is 10.1. The number of rotatable bonds is 3. The highest BCUT2D eigenvalue weighted by molar-refractivity contribution is 6.30. The largest absolute Gasteiger partial charge is 0.368 e. The lowest BCUT2D eigenvalue weighted by molar-refractivity contribution is -0.117. The maximum atomic E-state index is 10.3. The molecule has 0 rings (SSSR count). The van der Waals surface area contributed by atoms with E-state index in [2.05, 4.69) is 0 Å². The average molecular weight is 150 g/mol. The van der Waals surface area contributed by atoms with E-state index in [1.807, 2.05) is 13.8 Å². The van der Waals surface area contributed by atoms with Crippen LogP contribution in [0, 0.1) is 5.92 Å². The molecule has 0 saturated heterocycles. The molecule has 0 fully saturated rings. The summed E-state index contributed by atoms with van der Waals surface area (Å²) >= 11 is 5.54. The maximum absolute atomic E-state index is 10.3. The van der Waals surface area contributed by atoms with Crippen LogP contribution >= 0.6 is 11.6 Å². The van der Waals surface area contributed by atoms with Crippen molar-refractivity contribution in [2.45, 2.75) is 25.6 Å². The molecule has 0 aliphatic heterocycles. The van der Waals surface area contributed by atoms with Crippen molar-refractivity contribution in [3.63, 3.8) is 0 Å². The number of hydrogen-bond donors (Lipinski definition) is 1. The van der Waals surface area contributed by atoms with Gasteiger partial charge in [-0.25, -0.2) is 0 Å². The molecule has 3 heteroatoms. The van der Waals surface area contributed by atoms with E-state index in [4.69, 9.17) is 17.3 Å². The summed E-state index contributed by atoms with van der Waals surface area (Å²) in [7, 11) is 0. The zero-order valence-corrected chi connectivity index (χ0v) is 6.48. The predicted molar refractivity (Wildman–Crippen MR) is 38.3 cm³/mol. The summed E-state index contributed by atoms with van der Waals surface area (Å²) in [5.74, 6) is 0.00497. The molecule has 9 heavy (non-hydrogen) atoms. The van der Waals surface area contributed by atoms with Gasteiger partial charge in [0, 0.05) is 0 Å². The minimum absolute atomic E-state index is 0.426. The Morgan fingerprint density at radius 2 is 2.11 bits per heavy atom. The van der Waals surface area contributed by atoms with Crippen LogP contribution in [0.5, 0.6) is 0 Å². The van der Waals surface area contributed by atoms with Gasteiger partial charge in [0.2, 0.25) is 5.91 Å². The third-order valence-electron chi connectivity index (χ3n) is 0.987. The molecule has 1 amide bonds. The van der Waals surface area contributed by atoms with Crippen LogP contribution in [0.3, 0.4) is 0 Å². The van der Waals surface area contributed by atoms with E-state index in [1.165, 1.54) is 0 Å². The smallest absolute Gasteiger partial charge is 0.235 e. The van der Waals surface area contributed by atoms with Crippen molar-refractivity contribution in [1.82, 2.24) is 0 Å². The summed E-state index contributed by atoms with van der Waals surface area (Å²) in [5, 5.41) is -0.495. The molecule has 0 aromatic carbocycles. The van der Waals surface area contributed by atoms with Gasteiger partial charge in [-0.15, -0.1) is 11.6 Å². The number of primary amides is 1. The summed E-state index contributed by atoms with van der Waals surface area (Å²) in [6, 6.07) is 0. The molecule has 0 heterocycles. The third kappa shape index (κ3) is 4.28. The molecule has 2 N–H and O–H groups in total. The fourth-order valence-corrected chi connectivity index (χ4v) is 0.886. The topological polar surface area (TPSA) is 43.1 Å². The van der Waals surface area contributed by atoms with Crippen LogP contribution < -0.4 is 5.73 Å². The van der Waals surface area contributed by atoms with E-state index in [0.29, 0.717) is 12.3 Å². The van der Waals surface area contributed by atoms with Crippen molar-refractivity contribution in [3.05, 3.63) is 0 Å². The van der Waals surface area contributed by atoms with Crippen LogP contribution in [0.25, 0.3) is 0 Å². The normalized spacial score (nSPS) is 13.8. The van der Waals surface area contributed by atoms with Gasteiger partial charge in [0.1, 0.15) is 5.38 Å². The van der Waals surface area contributed by atoms with Crippen LogP contribution in [0.2, 0.25) is 0 Å². The Balaban J connectivity index is 3.50. The second-order valence-corrected chi connectivity index (χ2v) is 3.03. The van der Waals surface area contributed by atoms with Crippen molar-refractivity contribution in [2.24, 2.45) is 11.7 Å². The molecule has 0 saturated carbocycles. The van der Waals surface area contributed by atoms with Gasteiger partial charge in [-0.2, -0.15) is 0 Å². The number of carbonyl (C=O) groups is 1.